The molecule has 0 aliphatic carbocycles. The predicted octanol–water partition coefficient (Wildman–Crippen LogP) is 4.76. The fourth-order valence-corrected chi connectivity index (χ4v) is 5.11. The van der Waals surface area contributed by atoms with Gasteiger partial charge in [-0.25, -0.2) is 27.1 Å². The van der Waals surface area contributed by atoms with Crippen molar-refractivity contribution >= 4 is 28.0 Å². The molecule has 0 radical (unpaired) electrons. The highest BCUT2D eigenvalue weighted by atomic mass is 32.2. The molecule has 1 aromatic carbocycles. The third kappa shape index (κ3) is 9.79. The Bertz CT molecular complexity index is 1280. The molecule has 0 spiro atoms. The summed E-state index contributed by atoms with van der Waals surface area (Å²) in [5.74, 6) is -1.79. The molecular formula is C29H40FN3O6S. The number of aromatic nitrogens is 2. The lowest BCUT2D eigenvalue weighted by molar-refractivity contribution is -0.139. The van der Waals surface area contributed by atoms with Gasteiger partial charge in [0.05, 0.1) is 36.3 Å². The van der Waals surface area contributed by atoms with Crippen LogP contribution in [0.3, 0.4) is 0 Å². The highest BCUT2D eigenvalue weighted by Gasteiger charge is 2.27. The summed E-state index contributed by atoms with van der Waals surface area (Å²) < 4.78 is 40.9. The Labute approximate surface area is 236 Å². The number of hydrogen-bond acceptors (Lipinski definition) is 7. The number of carboxylic acids is 1. The minimum Gasteiger partial charge on any atom is -0.481 e. The molecule has 1 heterocycles. The molecule has 2 rings (SSSR count). The van der Waals surface area contributed by atoms with E-state index in [9.17, 15) is 27.8 Å². The summed E-state index contributed by atoms with van der Waals surface area (Å²) in [6.07, 6.45) is 4.99. The van der Waals surface area contributed by atoms with Gasteiger partial charge in [0.25, 0.3) is 0 Å². The number of aliphatic carboxylic acids is 1. The first-order valence-corrected chi connectivity index (χ1v) is 15.1. The van der Waals surface area contributed by atoms with Gasteiger partial charge in [0.2, 0.25) is 16.0 Å². The van der Waals surface area contributed by atoms with Crippen LogP contribution in [0.5, 0.6) is 0 Å². The number of benzene rings is 1. The van der Waals surface area contributed by atoms with E-state index in [-0.39, 0.29) is 30.7 Å². The molecule has 3 atom stereocenters. The Hall–Kier alpha value is -3.15. The number of nitrogens with zero attached hydrogens (tertiary/aromatic N) is 3. The normalized spacial score (nSPS) is 14.3. The average molecular weight is 578 g/mol. The van der Waals surface area contributed by atoms with Crippen LogP contribution in [-0.2, 0) is 14.8 Å². The monoisotopic (exact) mass is 577 g/mol. The van der Waals surface area contributed by atoms with E-state index in [0.29, 0.717) is 22.5 Å². The number of halogens is 1. The van der Waals surface area contributed by atoms with Crippen molar-refractivity contribution in [2.75, 3.05) is 17.1 Å². The molecule has 0 fully saturated rings. The molecule has 3 N–H and O–H groups in total. The van der Waals surface area contributed by atoms with Crippen molar-refractivity contribution in [1.82, 2.24) is 9.97 Å². The number of allylic oxidation sites excluding steroid dienone is 1. The fraction of sp³-hybridized carbons (Fsp3) is 0.483. The van der Waals surface area contributed by atoms with E-state index in [4.69, 9.17) is 5.11 Å². The van der Waals surface area contributed by atoms with Crippen LogP contribution in [0.15, 0.2) is 43.0 Å². The molecule has 2 aromatic rings. The predicted molar refractivity (Wildman–Crippen MR) is 155 cm³/mol. The number of rotatable bonds is 16. The maximum atomic E-state index is 13.8. The summed E-state index contributed by atoms with van der Waals surface area (Å²) in [5, 5.41) is 29.2. The largest absolute Gasteiger partial charge is 0.481 e. The van der Waals surface area contributed by atoms with E-state index in [1.807, 2.05) is 20.8 Å². The third-order valence-corrected chi connectivity index (χ3v) is 7.55. The average Bonchev–Trinajstić information content (AvgIpc) is 2.86. The SMILES string of the molecule is C=CCCC(CC)CN(c1nc(-c2ccc(F)cc2)c(/C=C/[C@@H](O)C[C@@H](O)CC(=O)O)c(C(C)C)n1)S(C)(=O)=O. The van der Waals surface area contributed by atoms with Gasteiger partial charge in [-0.1, -0.05) is 45.4 Å². The van der Waals surface area contributed by atoms with Crippen molar-refractivity contribution in [3.05, 3.63) is 60.1 Å². The summed E-state index contributed by atoms with van der Waals surface area (Å²) in [6.45, 7) is 9.69. The quantitative estimate of drug-likeness (QED) is 0.243. The molecule has 220 valence electrons. The summed E-state index contributed by atoms with van der Waals surface area (Å²) in [5.41, 5.74) is 1.85. The van der Waals surface area contributed by atoms with Gasteiger partial charge in [0.1, 0.15) is 5.82 Å². The van der Waals surface area contributed by atoms with Crippen LogP contribution in [0.4, 0.5) is 10.3 Å². The van der Waals surface area contributed by atoms with Gasteiger partial charge in [0.15, 0.2) is 0 Å². The molecule has 0 aliphatic rings. The van der Waals surface area contributed by atoms with Crippen LogP contribution in [0.2, 0.25) is 0 Å². The van der Waals surface area contributed by atoms with Crippen molar-refractivity contribution < 1.29 is 32.9 Å². The number of carboxylic acid groups (broad SMARTS) is 1. The fourth-order valence-electron chi connectivity index (χ4n) is 4.25. The molecule has 0 amide bonds. The van der Waals surface area contributed by atoms with E-state index in [1.54, 1.807) is 12.2 Å². The standard InChI is InChI=1S/C29H40FN3O6S/c1-6-8-9-20(7-2)18-33(40(5,38)39)29-31-27(19(3)4)25(15-14-23(34)16-24(35)17-26(36)37)28(32-29)21-10-12-22(30)13-11-21/h6,10-15,19-20,23-24,34-35H,1,7-9,16-18H2,2-5H3,(H,36,37)/b15-14+/t20?,23-,24-/m1/s1. The van der Waals surface area contributed by atoms with Crippen LogP contribution in [-0.4, -0.2) is 64.7 Å². The zero-order chi connectivity index (χ0) is 30.0. The lowest BCUT2D eigenvalue weighted by Crippen LogP contribution is -2.36. The molecule has 0 bridgehead atoms. The number of aliphatic hydroxyl groups is 2. The summed E-state index contributed by atoms with van der Waals surface area (Å²) in [4.78, 5) is 20.2. The van der Waals surface area contributed by atoms with Crippen LogP contribution < -0.4 is 4.31 Å². The first kappa shape index (κ1) is 33.1. The number of sulfonamides is 1. The summed E-state index contributed by atoms with van der Waals surface area (Å²) in [6, 6.07) is 5.60. The summed E-state index contributed by atoms with van der Waals surface area (Å²) in [7, 11) is -3.77. The van der Waals surface area contributed by atoms with Crippen LogP contribution in [0.25, 0.3) is 17.3 Å². The zero-order valence-electron chi connectivity index (χ0n) is 23.5. The van der Waals surface area contributed by atoms with E-state index >= 15 is 0 Å². The number of anilines is 1. The Kier molecular flexibility index (Phi) is 12.4. The second-order valence-electron chi connectivity index (χ2n) is 10.2. The summed E-state index contributed by atoms with van der Waals surface area (Å²) >= 11 is 0. The first-order chi connectivity index (χ1) is 18.8. The Morgan fingerprint density at radius 3 is 2.35 bits per heavy atom. The maximum Gasteiger partial charge on any atom is 0.305 e. The molecule has 1 unspecified atom stereocenters. The Balaban J connectivity index is 2.69. The third-order valence-electron chi connectivity index (χ3n) is 6.44. The molecular weight excluding hydrogens is 537 g/mol. The van der Waals surface area contributed by atoms with E-state index in [1.165, 1.54) is 34.6 Å². The number of hydrogen-bond donors (Lipinski definition) is 3. The van der Waals surface area contributed by atoms with Crippen LogP contribution in [0, 0.1) is 11.7 Å². The van der Waals surface area contributed by atoms with E-state index in [2.05, 4.69) is 16.5 Å². The van der Waals surface area contributed by atoms with Gasteiger partial charge in [-0.3, -0.25) is 4.79 Å². The van der Waals surface area contributed by atoms with Crippen molar-refractivity contribution in [3.8, 4) is 11.3 Å². The van der Waals surface area contributed by atoms with Crippen molar-refractivity contribution in [2.24, 2.45) is 5.92 Å². The van der Waals surface area contributed by atoms with Gasteiger partial charge in [-0.2, -0.15) is 0 Å². The molecule has 0 aliphatic heterocycles. The van der Waals surface area contributed by atoms with Gasteiger partial charge < -0.3 is 15.3 Å². The number of carbonyl (C=O) groups is 1. The van der Waals surface area contributed by atoms with Crippen molar-refractivity contribution in [2.45, 2.75) is 71.0 Å². The molecule has 0 saturated heterocycles. The molecule has 40 heavy (non-hydrogen) atoms. The number of aliphatic hydroxyl groups excluding tert-OH is 2. The Morgan fingerprint density at radius 1 is 1.18 bits per heavy atom. The van der Waals surface area contributed by atoms with E-state index in [0.717, 1.165) is 25.5 Å². The Morgan fingerprint density at radius 2 is 1.82 bits per heavy atom. The maximum absolute atomic E-state index is 13.8. The van der Waals surface area contributed by atoms with Crippen molar-refractivity contribution in [3.63, 3.8) is 0 Å². The lowest BCUT2D eigenvalue weighted by Gasteiger charge is -2.27. The zero-order valence-corrected chi connectivity index (χ0v) is 24.3. The van der Waals surface area contributed by atoms with Gasteiger partial charge in [-0.15, -0.1) is 6.58 Å². The smallest absolute Gasteiger partial charge is 0.305 e. The highest BCUT2D eigenvalue weighted by Crippen LogP contribution is 2.32. The topological polar surface area (TPSA) is 141 Å². The lowest BCUT2D eigenvalue weighted by atomic mass is 9.97. The van der Waals surface area contributed by atoms with Gasteiger partial charge >= 0.3 is 5.97 Å². The van der Waals surface area contributed by atoms with E-state index < -0.39 is 40.4 Å². The van der Waals surface area contributed by atoms with Crippen LogP contribution in [0.1, 0.15) is 70.1 Å². The highest BCUT2D eigenvalue weighted by molar-refractivity contribution is 7.92. The molecule has 11 heteroatoms. The van der Waals surface area contributed by atoms with Crippen molar-refractivity contribution in [1.29, 1.82) is 0 Å². The first-order valence-electron chi connectivity index (χ1n) is 13.3. The van der Waals surface area contributed by atoms with Gasteiger partial charge in [-0.05, 0) is 48.9 Å². The second-order valence-corrected chi connectivity index (χ2v) is 12.1. The minimum absolute atomic E-state index is 0.00263. The van der Waals surface area contributed by atoms with Crippen LogP contribution >= 0.6 is 0 Å². The molecule has 0 saturated carbocycles. The van der Waals surface area contributed by atoms with Gasteiger partial charge in [0, 0.05) is 24.1 Å². The molecule has 1 aromatic heterocycles. The minimum atomic E-state index is -3.77. The molecule has 9 nitrogen and oxygen atoms in total. The second kappa shape index (κ2) is 15.0.